The smallest absolute Gasteiger partial charge is 0.234 e. The summed E-state index contributed by atoms with van der Waals surface area (Å²) in [5, 5.41) is 0. The summed E-state index contributed by atoms with van der Waals surface area (Å²) in [4.78, 5) is 17.6. The van der Waals surface area contributed by atoms with Crippen molar-refractivity contribution in [1.29, 1.82) is 0 Å². The number of ether oxygens (including phenoxy) is 1. The maximum absolute atomic E-state index is 15.1. The van der Waals surface area contributed by atoms with Crippen molar-refractivity contribution >= 4 is 26.8 Å². The first-order valence-electron chi connectivity index (χ1n) is 11.1. The second kappa shape index (κ2) is 7.69. The molecule has 3 heterocycles. The molecule has 0 amide bonds. The highest BCUT2D eigenvalue weighted by atomic mass is 32.2. The number of benzene rings is 1. The molecule has 2 atom stereocenters. The fraction of sp³-hybridized carbons (Fsp3) is 0.417. The molecule has 0 bridgehead atoms. The Morgan fingerprint density at radius 2 is 1.97 bits per heavy atom. The lowest BCUT2D eigenvalue weighted by atomic mass is 9.90. The number of rotatable bonds is 5. The summed E-state index contributed by atoms with van der Waals surface area (Å²) in [5.41, 5.74) is 7.84. The number of fused-ring (bicyclic) bond motifs is 1. The van der Waals surface area contributed by atoms with Crippen LogP contribution in [0, 0.1) is 11.7 Å². The number of hydrogen-bond acceptors (Lipinski definition) is 8. The number of hydrogen-bond donors (Lipinski definition) is 1. The van der Waals surface area contributed by atoms with Crippen LogP contribution in [0.2, 0.25) is 0 Å². The monoisotopic (exact) mass is 483 g/mol. The molecular weight excluding hydrogens is 457 g/mol. The van der Waals surface area contributed by atoms with Gasteiger partial charge >= 0.3 is 0 Å². The molecule has 0 spiro atoms. The molecule has 8 nitrogen and oxygen atoms in total. The maximum atomic E-state index is 15.1. The Morgan fingerprint density at radius 1 is 1.21 bits per heavy atom. The minimum atomic E-state index is -3.65. The number of methoxy groups -OCH3 is 1. The van der Waals surface area contributed by atoms with Crippen LogP contribution in [0.5, 0.6) is 5.88 Å². The van der Waals surface area contributed by atoms with Crippen LogP contribution in [0.15, 0.2) is 41.7 Å². The molecule has 5 rings (SSSR count). The molecule has 3 aromatic rings. The zero-order chi connectivity index (χ0) is 24.3. The van der Waals surface area contributed by atoms with Gasteiger partial charge in [-0.05, 0) is 62.3 Å². The highest BCUT2D eigenvalue weighted by Gasteiger charge is 2.58. The third-order valence-electron chi connectivity index (χ3n) is 7.07. The van der Waals surface area contributed by atoms with E-state index in [-0.39, 0.29) is 23.1 Å². The SMILES string of the molecule is COc1cnc2c(Cc3ccc(F)c([C@]4(C)CS(=O)(=O)[C@@](C)(C5CC5)C(N)=N4)c3)ccnc2n1. The first-order chi connectivity index (χ1) is 16.1. The zero-order valence-electron chi connectivity index (χ0n) is 19.2. The van der Waals surface area contributed by atoms with Crippen LogP contribution >= 0.6 is 0 Å². The molecular formula is C24H26FN5O3S. The first-order valence-corrected chi connectivity index (χ1v) is 12.7. The number of pyridine rings is 1. The van der Waals surface area contributed by atoms with Crippen molar-refractivity contribution in [1.82, 2.24) is 15.0 Å². The number of sulfone groups is 1. The van der Waals surface area contributed by atoms with E-state index in [0.717, 1.165) is 24.0 Å². The molecule has 1 fully saturated rings. The molecule has 178 valence electrons. The Morgan fingerprint density at radius 3 is 2.65 bits per heavy atom. The average molecular weight is 484 g/mol. The summed E-state index contributed by atoms with van der Waals surface area (Å²) >= 11 is 0. The Labute approximate surface area is 197 Å². The number of aliphatic imine (C=N–C) groups is 1. The van der Waals surface area contributed by atoms with E-state index in [2.05, 4.69) is 19.9 Å². The van der Waals surface area contributed by atoms with Crippen molar-refractivity contribution in [3.63, 3.8) is 0 Å². The summed E-state index contributed by atoms with van der Waals surface area (Å²) in [6.45, 7) is 3.28. The molecule has 0 unspecified atom stereocenters. The lowest BCUT2D eigenvalue weighted by molar-refractivity contribution is 0.397. The minimum absolute atomic E-state index is 0.0262. The predicted molar refractivity (Wildman–Crippen MR) is 127 cm³/mol. The molecule has 10 heteroatoms. The van der Waals surface area contributed by atoms with Gasteiger partial charge in [-0.15, -0.1) is 0 Å². The highest BCUT2D eigenvalue weighted by Crippen LogP contribution is 2.49. The number of amidine groups is 1. The molecule has 2 aromatic heterocycles. The van der Waals surface area contributed by atoms with Gasteiger partial charge in [0.15, 0.2) is 15.5 Å². The van der Waals surface area contributed by atoms with E-state index in [1.807, 2.05) is 6.07 Å². The second-order valence-electron chi connectivity index (χ2n) is 9.46. The largest absolute Gasteiger partial charge is 0.480 e. The molecule has 34 heavy (non-hydrogen) atoms. The Bertz CT molecular complexity index is 1440. The highest BCUT2D eigenvalue weighted by molar-refractivity contribution is 7.93. The number of nitrogens with two attached hydrogens (primary N) is 1. The van der Waals surface area contributed by atoms with Crippen LogP contribution in [0.25, 0.3) is 11.2 Å². The van der Waals surface area contributed by atoms with Crippen molar-refractivity contribution in [2.45, 2.75) is 43.4 Å². The molecule has 1 saturated carbocycles. The van der Waals surface area contributed by atoms with Gasteiger partial charge in [0.1, 0.15) is 27.5 Å². The Balaban J connectivity index is 1.54. The van der Waals surface area contributed by atoms with Gasteiger partial charge in [-0.2, -0.15) is 4.98 Å². The molecule has 1 aliphatic carbocycles. The van der Waals surface area contributed by atoms with Crippen LogP contribution in [-0.4, -0.2) is 46.8 Å². The van der Waals surface area contributed by atoms with E-state index < -0.39 is 25.9 Å². The standard InChI is InChI=1S/C24H26FN5O3S/c1-23(13-34(31,32)24(2,16-5-6-16)22(26)30-23)17-11-14(4-7-18(17)25)10-15-8-9-27-21-20(15)28-12-19(29-21)33-3/h4,7-9,11-12,16H,5-6,10,13H2,1-3H3,(H2,26,30)/t23-,24-/m0/s1. The van der Waals surface area contributed by atoms with Gasteiger partial charge in [0.25, 0.3) is 0 Å². The van der Waals surface area contributed by atoms with Crippen LogP contribution in [-0.2, 0) is 21.8 Å². The van der Waals surface area contributed by atoms with E-state index in [9.17, 15) is 8.42 Å². The summed E-state index contributed by atoms with van der Waals surface area (Å²) in [6.07, 6.45) is 5.19. The van der Waals surface area contributed by atoms with Crippen molar-refractivity contribution in [2.75, 3.05) is 12.9 Å². The van der Waals surface area contributed by atoms with Crippen LogP contribution < -0.4 is 10.5 Å². The van der Waals surface area contributed by atoms with E-state index in [4.69, 9.17) is 10.5 Å². The number of nitrogens with zero attached hydrogens (tertiary/aromatic N) is 4. The zero-order valence-corrected chi connectivity index (χ0v) is 20.1. The summed E-state index contributed by atoms with van der Waals surface area (Å²) in [7, 11) is -2.14. The maximum Gasteiger partial charge on any atom is 0.234 e. The Kier molecular flexibility index (Phi) is 5.12. The van der Waals surface area contributed by atoms with Gasteiger partial charge in [0, 0.05) is 11.8 Å². The van der Waals surface area contributed by atoms with Crippen molar-refractivity contribution in [3.05, 3.63) is 59.2 Å². The minimum Gasteiger partial charge on any atom is -0.480 e. The normalized spacial score (nSPS) is 26.3. The number of halogens is 1. The Hall–Kier alpha value is -3.14. The van der Waals surface area contributed by atoms with Gasteiger partial charge in [-0.1, -0.05) is 12.1 Å². The van der Waals surface area contributed by atoms with Crippen molar-refractivity contribution in [3.8, 4) is 5.88 Å². The molecule has 1 aromatic carbocycles. The lowest BCUT2D eigenvalue weighted by Crippen LogP contribution is -2.58. The van der Waals surface area contributed by atoms with Gasteiger partial charge in [-0.3, -0.25) is 4.99 Å². The van der Waals surface area contributed by atoms with Crippen LogP contribution in [0.4, 0.5) is 4.39 Å². The van der Waals surface area contributed by atoms with Gasteiger partial charge in [0.05, 0.1) is 19.1 Å². The van der Waals surface area contributed by atoms with Gasteiger partial charge in [-0.25, -0.2) is 22.8 Å². The van der Waals surface area contributed by atoms with E-state index in [0.29, 0.717) is 23.5 Å². The van der Waals surface area contributed by atoms with E-state index >= 15 is 4.39 Å². The van der Waals surface area contributed by atoms with Crippen LogP contribution in [0.1, 0.15) is 43.4 Å². The number of aromatic nitrogens is 3. The molecule has 1 aliphatic heterocycles. The quantitative estimate of drug-likeness (QED) is 0.592. The van der Waals surface area contributed by atoms with E-state index in [1.54, 1.807) is 32.2 Å². The topological polar surface area (TPSA) is 120 Å². The average Bonchev–Trinajstić information content (AvgIpc) is 3.64. The van der Waals surface area contributed by atoms with Crippen LogP contribution in [0.3, 0.4) is 0 Å². The van der Waals surface area contributed by atoms with E-state index in [1.165, 1.54) is 19.4 Å². The third-order valence-corrected chi connectivity index (χ3v) is 9.85. The first kappa shape index (κ1) is 22.6. The molecule has 2 N–H and O–H groups in total. The molecule has 2 aliphatic rings. The lowest BCUT2D eigenvalue weighted by Gasteiger charge is -2.40. The summed E-state index contributed by atoms with van der Waals surface area (Å²) in [6, 6.07) is 6.52. The molecule has 0 saturated heterocycles. The fourth-order valence-corrected chi connectivity index (χ4v) is 7.20. The predicted octanol–water partition coefficient (Wildman–Crippen LogP) is 2.93. The van der Waals surface area contributed by atoms with Gasteiger partial charge in [0.2, 0.25) is 5.88 Å². The second-order valence-corrected chi connectivity index (χ2v) is 11.8. The van der Waals surface area contributed by atoms with Crippen molar-refractivity contribution in [2.24, 2.45) is 16.6 Å². The fourth-order valence-electron chi connectivity index (χ4n) is 4.84. The van der Waals surface area contributed by atoms with Crippen molar-refractivity contribution < 1.29 is 17.5 Å². The third kappa shape index (κ3) is 3.51. The summed E-state index contributed by atoms with van der Waals surface area (Å²) in [5.74, 6) is -0.407. The summed E-state index contributed by atoms with van der Waals surface area (Å²) < 4.78 is 45.7. The molecule has 0 radical (unpaired) electrons. The van der Waals surface area contributed by atoms with Gasteiger partial charge < -0.3 is 10.5 Å².